The van der Waals surface area contributed by atoms with Crippen molar-refractivity contribution in [3.05, 3.63) is 30.1 Å². The van der Waals surface area contributed by atoms with E-state index in [-0.39, 0.29) is 6.09 Å². The summed E-state index contributed by atoms with van der Waals surface area (Å²) < 4.78 is 5.43. The summed E-state index contributed by atoms with van der Waals surface area (Å²) in [6.07, 6.45) is 9.31. The van der Waals surface area contributed by atoms with Crippen LogP contribution >= 0.6 is 0 Å². The fourth-order valence-electron chi connectivity index (χ4n) is 2.87. The molecule has 0 aliphatic carbocycles. The second-order valence-corrected chi connectivity index (χ2v) is 7.16. The Bertz CT molecular complexity index is 460. The zero-order chi connectivity index (χ0) is 16.0. The smallest absolute Gasteiger partial charge is 0.410 e. The van der Waals surface area contributed by atoms with E-state index < -0.39 is 5.60 Å². The number of aromatic nitrogens is 1. The maximum atomic E-state index is 12.0. The Labute approximate surface area is 133 Å². The third-order valence-corrected chi connectivity index (χ3v) is 4.07. The van der Waals surface area contributed by atoms with E-state index in [1.54, 1.807) is 0 Å². The Kier molecular flexibility index (Phi) is 5.81. The van der Waals surface area contributed by atoms with Crippen LogP contribution in [0.1, 0.15) is 52.0 Å². The molecule has 1 fully saturated rings. The van der Waals surface area contributed by atoms with Crippen LogP contribution in [-0.4, -0.2) is 34.7 Å². The summed E-state index contributed by atoms with van der Waals surface area (Å²) in [5.41, 5.74) is 0.908. The first-order valence-corrected chi connectivity index (χ1v) is 8.31. The Morgan fingerprint density at radius 1 is 1.36 bits per heavy atom. The number of rotatable bonds is 4. The molecule has 0 atom stereocenters. The highest BCUT2D eigenvalue weighted by atomic mass is 16.6. The fourth-order valence-corrected chi connectivity index (χ4v) is 2.87. The van der Waals surface area contributed by atoms with Crippen molar-refractivity contribution in [2.45, 2.75) is 58.5 Å². The molecule has 4 nitrogen and oxygen atoms in total. The number of carbonyl (C=O) groups excluding carboxylic acids is 1. The first-order valence-electron chi connectivity index (χ1n) is 8.31. The average molecular weight is 304 g/mol. The van der Waals surface area contributed by atoms with Crippen molar-refractivity contribution in [1.29, 1.82) is 0 Å². The van der Waals surface area contributed by atoms with Crippen LogP contribution in [0, 0.1) is 5.92 Å². The van der Waals surface area contributed by atoms with Crippen molar-refractivity contribution in [3.63, 3.8) is 0 Å². The van der Waals surface area contributed by atoms with Crippen molar-refractivity contribution in [2.24, 2.45) is 5.92 Å². The lowest BCUT2D eigenvalue weighted by Gasteiger charge is -2.33. The van der Waals surface area contributed by atoms with E-state index in [4.69, 9.17) is 4.74 Å². The van der Waals surface area contributed by atoms with Gasteiger partial charge >= 0.3 is 6.09 Å². The van der Waals surface area contributed by atoms with Crippen LogP contribution in [-0.2, 0) is 11.2 Å². The largest absolute Gasteiger partial charge is 0.444 e. The maximum absolute atomic E-state index is 12.0. The van der Waals surface area contributed by atoms with Gasteiger partial charge in [-0.25, -0.2) is 4.79 Å². The minimum atomic E-state index is -0.405. The van der Waals surface area contributed by atoms with E-state index in [1.165, 1.54) is 18.4 Å². The van der Waals surface area contributed by atoms with Crippen molar-refractivity contribution >= 4 is 6.09 Å². The lowest BCUT2D eigenvalue weighted by atomic mass is 9.91. The molecule has 0 bridgehead atoms. The molecule has 0 unspecified atom stereocenters. The van der Waals surface area contributed by atoms with Crippen LogP contribution in [0.4, 0.5) is 4.79 Å². The average Bonchev–Trinajstić information content (AvgIpc) is 2.47. The lowest BCUT2D eigenvalue weighted by Crippen LogP contribution is -2.41. The number of aryl methyl sites for hydroxylation is 1. The molecule has 1 aliphatic rings. The van der Waals surface area contributed by atoms with Crippen molar-refractivity contribution < 1.29 is 9.53 Å². The molecule has 1 amide bonds. The summed E-state index contributed by atoms with van der Waals surface area (Å²) in [6.45, 7) is 7.39. The predicted octanol–water partition coefficient (Wildman–Crippen LogP) is 4.05. The van der Waals surface area contributed by atoms with Gasteiger partial charge in [-0.15, -0.1) is 0 Å². The standard InChI is InChI=1S/C18H28N2O2/c1-18(2,3)22-17(21)20-12-9-15(10-13-20)6-4-7-16-8-5-11-19-14-16/h5,8,11,14-15H,4,6-7,9-10,12-13H2,1-3H3. The zero-order valence-corrected chi connectivity index (χ0v) is 14.0. The summed E-state index contributed by atoms with van der Waals surface area (Å²) >= 11 is 0. The molecule has 2 heterocycles. The number of hydrogen-bond acceptors (Lipinski definition) is 3. The molecule has 22 heavy (non-hydrogen) atoms. The number of ether oxygens (including phenoxy) is 1. The van der Waals surface area contributed by atoms with Crippen molar-refractivity contribution in [2.75, 3.05) is 13.1 Å². The predicted molar refractivity (Wildman–Crippen MR) is 87.7 cm³/mol. The van der Waals surface area contributed by atoms with Gasteiger partial charge < -0.3 is 9.64 Å². The monoisotopic (exact) mass is 304 g/mol. The molecule has 1 aromatic heterocycles. The van der Waals surface area contributed by atoms with Gasteiger partial charge in [0.1, 0.15) is 5.60 Å². The Balaban J connectivity index is 1.66. The number of amides is 1. The van der Waals surface area contributed by atoms with Gasteiger partial charge in [0.2, 0.25) is 0 Å². The number of pyridine rings is 1. The van der Waals surface area contributed by atoms with Crippen LogP contribution in [0.5, 0.6) is 0 Å². The molecule has 1 aliphatic heterocycles. The van der Waals surface area contributed by atoms with Crippen LogP contribution in [0.15, 0.2) is 24.5 Å². The van der Waals surface area contributed by atoms with Gasteiger partial charge in [-0.3, -0.25) is 4.98 Å². The van der Waals surface area contributed by atoms with Crippen LogP contribution in [0.25, 0.3) is 0 Å². The van der Waals surface area contributed by atoms with E-state index in [0.717, 1.165) is 38.3 Å². The molecule has 1 saturated heterocycles. The molecule has 4 heteroatoms. The molecule has 0 spiro atoms. The lowest BCUT2D eigenvalue weighted by molar-refractivity contribution is 0.0180. The topological polar surface area (TPSA) is 42.4 Å². The van der Waals surface area contributed by atoms with Gasteiger partial charge in [-0.05, 0) is 70.4 Å². The number of likely N-dealkylation sites (tertiary alicyclic amines) is 1. The highest BCUT2D eigenvalue weighted by molar-refractivity contribution is 5.68. The van der Waals surface area contributed by atoms with Gasteiger partial charge in [0.25, 0.3) is 0 Å². The molecular weight excluding hydrogens is 276 g/mol. The molecular formula is C18H28N2O2. The normalized spacial score (nSPS) is 16.6. The van der Waals surface area contributed by atoms with Crippen LogP contribution in [0.2, 0.25) is 0 Å². The van der Waals surface area contributed by atoms with Gasteiger partial charge in [-0.2, -0.15) is 0 Å². The van der Waals surface area contributed by atoms with Crippen LogP contribution in [0.3, 0.4) is 0 Å². The van der Waals surface area contributed by atoms with E-state index in [1.807, 2.05) is 44.1 Å². The maximum Gasteiger partial charge on any atom is 0.410 e. The quantitative estimate of drug-likeness (QED) is 0.842. The Hall–Kier alpha value is -1.58. The van der Waals surface area contributed by atoms with Gasteiger partial charge in [0, 0.05) is 25.5 Å². The van der Waals surface area contributed by atoms with Crippen molar-refractivity contribution in [1.82, 2.24) is 9.88 Å². The Morgan fingerprint density at radius 2 is 2.09 bits per heavy atom. The number of hydrogen-bond donors (Lipinski definition) is 0. The van der Waals surface area contributed by atoms with Gasteiger partial charge in [0.05, 0.1) is 0 Å². The fraction of sp³-hybridized carbons (Fsp3) is 0.667. The minimum Gasteiger partial charge on any atom is -0.444 e. The number of piperidine rings is 1. The molecule has 0 radical (unpaired) electrons. The van der Waals surface area contributed by atoms with E-state index >= 15 is 0 Å². The van der Waals surface area contributed by atoms with Crippen molar-refractivity contribution in [3.8, 4) is 0 Å². The zero-order valence-electron chi connectivity index (χ0n) is 14.0. The molecule has 122 valence electrons. The second kappa shape index (κ2) is 7.61. The summed E-state index contributed by atoms with van der Waals surface area (Å²) in [6, 6.07) is 4.13. The molecule has 0 aromatic carbocycles. The third-order valence-electron chi connectivity index (χ3n) is 4.07. The summed E-state index contributed by atoms with van der Waals surface area (Å²) in [5, 5.41) is 0. The minimum absolute atomic E-state index is 0.165. The summed E-state index contributed by atoms with van der Waals surface area (Å²) in [4.78, 5) is 18.0. The van der Waals surface area contributed by atoms with Gasteiger partial charge in [-0.1, -0.05) is 6.07 Å². The van der Waals surface area contributed by atoms with E-state index in [0.29, 0.717) is 0 Å². The molecule has 1 aromatic rings. The SMILES string of the molecule is CC(C)(C)OC(=O)N1CCC(CCCc2cccnc2)CC1. The summed E-state index contributed by atoms with van der Waals surface area (Å²) in [5.74, 6) is 0.732. The highest BCUT2D eigenvalue weighted by Crippen LogP contribution is 2.24. The van der Waals surface area contributed by atoms with E-state index in [2.05, 4.69) is 11.1 Å². The second-order valence-electron chi connectivity index (χ2n) is 7.16. The third kappa shape index (κ3) is 5.66. The number of nitrogens with zero attached hydrogens (tertiary/aromatic N) is 2. The first-order chi connectivity index (χ1) is 10.4. The highest BCUT2D eigenvalue weighted by Gasteiger charge is 2.26. The van der Waals surface area contributed by atoms with E-state index in [9.17, 15) is 4.79 Å². The molecule has 2 rings (SSSR count). The van der Waals surface area contributed by atoms with Gasteiger partial charge in [0.15, 0.2) is 0 Å². The first kappa shape index (κ1) is 16.8. The summed E-state index contributed by atoms with van der Waals surface area (Å²) in [7, 11) is 0. The Morgan fingerprint density at radius 3 is 2.68 bits per heavy atom. The number of carbonyl (C=O) groups is 1. The molecule has 0 saturated carbocycles. The molecule has 0 N–H and O–H groups in total. The van der Waals surface area contributed by atoms with Crippen LogP contribution < -0.4 is 0 Å².